The molecule has 0 atom stereocenters. The third-order valence-corrected chi connectivity index (χ3v) is 7.96. The van der Waals surface area contributed by atoms with Crippen LogP contribution in [0.5, 0.6) is 0 Å². The lowest BCUT2D eigenvalue weighted by atomic mass is 9.79. The van der Waals surface area contributed by atoms with Crippen molar-refractivity contribution in [3.05, 3.63) is 87.4 Å². The van der Waals surface area contributed by atoms with E-state index in [0.29, 0.717) is 41.9 Å². The third-order valence-electron chi connectivity index (χ3n) is 7.20. The summed E-state index contributed by atoms with van der Waals surface area (Å²) in [4.78, 5) is 33.2. The standard InChI is InChI=1S/C27H26F3N3O2S/c28-27(29,30)23-7-3-19(4-8-23)15-18-1-5-21(6-2-18)25(34)32-12-9-20(10-13-32)22-16-33(17-22)26(35)24-31-11-14-36-24/h1-8,11,14,20,22H,9-10,12-13,15-17H2. The second kappa shape index (κ2) is 10.0. The zero-order valence-corrected chi connectivity index (χ0v) is 20.4. The molecule has 5 nitrogen and oxygen atoms in total. The molecular formula is C27H26F3N3O2S. The van der Waals surface area contributed by atoms with Gasteiger partial charge < -0.3 is 9.80 Å². The molecule has 0 unspecified atom stereocenters. The van der Waals surface area contributed by atoms with Crippen LogP contribution < -0.4 is 0 Å². The molecule has 2 fully saturated rings. The van der Waals surface area contributed by atoms with Crippen molar-refractivity contribution in [2.45, 2.75) is 25.4 Å². The first-order valence-corrected chi connectivity index (χ1v) is 12.9. The van der Waals surface area contributed by atoms with Gasteiger partial charge in [-0.25, -0.2) is 4.98 Å². The number of carbonyl (C=O) groups is 2. The number of alkyl halides is 3. The van der Waals surface area contributed by atoms with E-state index < -0.39 is 11.7 Å². The smallest absolute Gasteiger partial charge is 0.339 e. The molecule has 0 spiro atoms. The van der Waals surface area contributed by atoms with Gasteiger partial charge in [-0.15, -0.1) is 11.3 Å². The van der Waals surface area contributed by atoms with Gasteiger partial charge in [-0.05, 0) is 66.5 Å². The van der Waals surface area contributed by atoms with E-state index in [2.05, 4.69) is 4.98 Å². The van der Waals surface area contributed by atoms with Gasteiger partial charge in [0.2, 0.25) is 0 Å². The van der Waals surface area contributed by atoms with Crippen LogP contribution in [-0.2, 0) is 12.6 Å². The molecule has 2 aliphatic rings. The van der Waals surface area contributed by atoms with Crippen molar-refractivity contribution >= 4 is 23.2 Å². The van der Waals surface area contributed by atoms with Crippen LogP contribution >= 0.6 is 11.3 Å². The molecule has 3 aromatic rings. The number of hydrogen-bond donors (Lipinski definition) is 0. The van der Waals surface area contributed by atoms with Crippen LogP contribution in [-0.4, -0.2) is 52.8 Å². The largest absolute Gasteiger partial charge is 0.416 e. The summed E-state index contributed by atoms with van der Waals surface area (Å²) in [5, 5.41) is 2.35. The number of amides is 2. The average Bonchev–Trinajstić information content (AvgIpc) is 3.39. The van der Waals surface area contributed by atoms with Crippen LogP contribution in [0.2, 0.25) is 0 Å². The fraction of sp³-hybridized carbons (Fsp3) is 0.370. The molecule has 1 aromatic heterocycles. The zero-order chi connectivity index (χ0) is 25.3. The first kappa shape index (κ1) is 24.5. The van der Waals surface area contributed by atoms with Gasteiger partial charge in [0, 0.05) is 43.3 Å². The molecule has 2 aromatic carbocycles. The van der Waals surface area contributed by atoms with Gasteiger partial charge in [-0.2, -0.15) is 13.2 Å². The van der Waals surface area contributed by atoms with Crippen molar-refractivity contribution < 1.29 is 22.8 Å². The Morgan fingerprint density at radius 1 is 0.861 bits per heavy atom. The SMILES string of the molecule is O=C(c1ccc(Cc2ccc(C(F)(F)F)cc2)cc1)N1CCC(C2CN(C(=O)c3nccs3)C2)CC1. The van der Waals surface area contributed by atoms with Crippen molar-refractivity contribution in [3.63, 3.8) is 0 Å². The molecule has 0 N–H and O–H groups in total. The molecule has 36 heavy (non-hydrogen) atoms. The minimum Gasteiger partial charge on any atom is -0.339 e. The van der Waals surface area contributed by atoms with E-state index in [-0.39, 0.29) is 11.8 Å². The van der Waals surface area contributed by atoms with Crippen molar-refractivity contribution in [2.24, 2.45) is 11.8 Å². The molecule has 0 radical (unpaired) electrons. The fourth-order valence-electron chi connectivity index (χ4n) is 5.01. The van der Waals surface area contributed by atoms with E-state index >= 15 is 0 Å². The van der Waals surface area contributed by atoms with Crippen LogP contribution in [0, 0.1) is 11.8 Å². The number of thiazole rings is 1. The van der Waals surface area contributed by atoms with Gasteiger partial charge in [0.1, 0.15) is 0 Å². The summed E-state index contributed by atoms with van der Waals surface area (Å²) in [6, 6.07) is 12.5. The minimum absolute atomic E-state index is 0.00344. The first-order chi connectivity index (χ1) is 17.3. The lowest BCUT2D eigenvalue weighted by Crippen LogP contribution is -2.54. The topological polar surface area (TPSA) is 53.5 Å². The number of nitrogens with zero attached hydrogens (tertiary/aromatic N) is 3. The van der Waals surface area contributed by atoms with Gasteiger partial charge in [-0.1, -0.05) is 24.3 Å². The summed E-state index contributed by atoms with van der Waals surface area (Å²) in [5.41, 5.74) is 1.68. The fourth-order valence-corrected chi connectivity index (χ4v) is 5.61. The summed E-state index contributed by atoms with van der Waals surface area (Å²) in [6.45, 7) is 2.93. The number of piperidine rings is 1. The zero-order valence-electron chi connectivity index (χ0n) is 19.6. The Bertz CT molecular complexity index is 1200. The molecule has 3 heterocycles. The maximum atomic E-state index is 13.0. The maximum Gasteiger partial charge on any atom is 0.416 e. The Morgan fingerprint density at radius 3 is 2.03 bits per heavy atom. The van der Waals surface area contributed by atoms with Crippen molar-refractivity contribution in [2.75, 3.05) is 26.2 Å². The highest BCUT2D eigenvalue weighted by Crippen LogP contribution is 2.33. The van der Waals surface area contributed by atoms with Gasteiger partial charge in [0.05, 0.1) is 5.56 Å². The second-order valence-corrected chi connectivity index (χ2v) is 10.4. The Labute approximate surface area is 211 Å². The summed E-state index contributed by atoms with van der Waals surface area (Å²) in [5.74, 6) is 1.01. The van der Waals surface area contributed by atoms with Crippen LogP contribution in [0.1, 0.15) is 49.7 Å². The van der Waals surface area contributed by atoms with Crippen LogP contribution in [0.25, 0.3) is 0 Å². The van der Waals surface area contributed by atoms with Crippen LogP contribution in [0.15, 0.2) is 60.1 Å². The Morgan fingerprint density at radius 2 is 1.47 bits per heavy atom. The van der Waals surface area contributed by atoms with E-state index in [1.54, 1.807) is 18.3 Å². The summed E-state index contributed by atoms with van der Waals surface area (Å²) in [7, 11) is 0. The van der Waals surface area contributed by atoms with Crippen LogP contribution in [0.4, 0.5) is 13.2 Å². The number of benzene rings is 2. The van der Waals surface area contributed by atoms with E-state index in [0.717, 1.165) is 49.2 Å². The highest BCUT2D eigenvalue weighted by molar-refractivity contribution is 7.11. The predicted octanol–water partition coefficient (Wildman–Crippen LogP) is 5.38. The van der Waals surface area contributed by atoms with Crippen molar-refractivity contribution in [3.8, 4) is 0 Å². The number of likely N-dealkylation sites (tertiary alicyclic amines) is 2. The Balaban J connectivity index is 1.09. The Kier molecular flexibility index (Phi) is 6.83. The highest BCUT2D eigenvalue weighted by atomic mass is 32.1. The minimum atomic E-state index is -4.34. The lowest BCUT2D eigenvalue weighted by Gasteiger charge is -2.45. The first-order valence-electron chi connectivity index (χ1n) is 12.0. The van der Waals surface area contributed by atoms with Gasteiger partial charge >= 0.3 is 6.18 Å². The molecule has 0 bridgehead atoms. The van der Waals surface area contributed by atoms with E-state index in [1.807, 2.05) is 27.3 Å². The van der Waals surface area contributed by atoms with E-state index in [1.165, 1.54) is 23.5 Å². The van der Waals surface area contributed by atoms with Gasteiger partial charge in [-0.3, -0.25) is 9.59 Å². The molecule has 9 heteroatoms. The average molecular weight is 514 g/mol. The third kappa shape index (κ3) is 5.31. The van der Waals surface area contributed by atoms with Crippen LogP contribution in [0.3, 0.4) is 0 Å². The number of rotatable bonds is 5. The molecule has 2 saturated heterocycles. The normalized spacial score (nSPS) is 17.2. The molecule has 2 amide bonds. The van der Waals surface area contributed by atoms with Crippen molar-refractivity contribution in [1.82, 2.24) is 14.8 Å². The molecular weight excluding hydrogens is 487 g/mol. The van der Waals surface area contributed by atoms with Crippen molar-refractivity contribution in [1.29, 1.82) is 0 Å². The molecule has 2 aliphatic heterocycles. The summed E-state index contributed by atoms with van der Waals surface area (Å²) in [6.07, 6.45) is -0.326. The number of hydrogen-bond acceptors (Lipinski definition) is 4. The maximum absolute atomic E-state index is 13.0. The number of aromatic nitrogens is 1. The summed E-state index contributed by atoms with van der Waals surface area (Å²) < 4.78 is 38.2. The molecule has 0 saturated carbocycles. The number of carbonyl (C=O) groups excluding carboxylic acids is 2. The second-order valence-electron chi connectivity index (χ2n) is 9.51. The monoisotopic (exact) mass is 513 g/mol. The summed E-state index contributed by atoms with van der Waals surface area (Å²) >= 11 is 1.37. The molecule has 5 rings (SSSR count). The Hall–Kier alpha value is -3.20. The molecule has 188 valence electrons. The quantitative estimate of drug-likeness (QED) is 0.461. The van der Waals surface area contributed by atoms with Gasteiger partial charge in [0.15, 0.2) is 5.01 Å². The number of halogens is 3. The van der Waals surface area contributed by atoms with E-state index in [9.17, 15) is 22.8 Å². The lowest BCUT2D eigenvalue weighted by molar-refractivity contribution is -0.137. The predicted molar refractivity (Wildman–Crippen MR) is 131 cm³/mol. The van der Waals surface area contributed by atoms with E-state index in [4.69, 9.17) is 0 Å². The molecule has 0 aliphatic carbocycles. The highest BCUT2D eigenvalue weighted by Gasteiger charge is 2.39. The van der Waals surface area contributed by atoms with Gasteiger partial charge in [0.25, 0.3) is 11.8 Å².